The predicted molar refractivity (Wildman–Crippen MR) is 156 cm³/mol. The molecule has 3 aromatic rings. The van der Waals surface area contributed by atoms with Crippen LogP contribution in [0.4, 0.5) is 0 Å². The summed E-state index contributed by atoms with van der Waals surface area (Å²) in [7, 11) is 1.58. The van der Waals surface area contributed by atoms with Crippen LogP contribution in [0, 0.1) is 0 Å². The molecule has 1 amide bonds. The average molecular weight is 585 g/mol. The first kappa shape index (κ1) is 29.4. The summed E-state index contributed by atoms with van der Waals surface area (Å²) < 4.78 is 17.5. The predicted octanol–water partition coefficient (Wildman–Crippen LogP) is 5.42. The maximum Gasteiger partial charge on any atom is 0.266 e. The van der Waals surface area contributed by atoms with Crippen molar-refractivity contribution in [3.63, 3.8) is 0 Å². The summed E-state index contributed by atoms with van der Waals surface area (Å²) in [4.78, 5) is 18.7. The molecule has 1 aliphatic heterocycles. The number of amides is 1. The lowest BCUT2D eigenvalue weighted by Gasteiger charge is -2.29. The van der Waals surface area contributed by atoms with Crippen molar-refractivity contribution in [2.24, 2.45) is 4.99 Å². The molecule has 210 valence electrons. The minimum atomic E-state index is -1.36. The Labute approximate surface area is 243 Å². The van der Waals surface area contributed by atoms with Crippen LogP contribution in [-0.2, 0) is 16.1 Å². The zero-order chi connectivity index (χ0) is 28.5. The van der Waals surface area contributed by atoms with Crippen molar-refractivity contribution in [1.82, 2.24) is 10.9 Å². The van der Waals surface area contributed by atoms with Gasteiger partial charge in [-0.2, -0.15) is 0 Å². The van der Waals surface area contributed by atoms with E-state index in [0.717, 1.165) is 11.1 Å². The van der Waals surface area contributed by atoms with Gasteiger partial charge in [-0.25, -0.2) is 10.4 Å². The SMILES string of the molecule is C=CC[C@]1(C(=O)NNCc2ccc(Cl)c(Cl)c2)N=C(c2ccc(OCCCO)cc2)O[C@H]1c1cccc(OC)c1. The van der Waals surface area contributed by atoms with Gasteiger partial charge in [-0.15, -0.1) is 6.58 Å². The summed E-state index contributed by atoms with van der Waals surface area (Å²) in [6, 6.07) is 19.8. The maximum atomic E-state index is 13.9. The van der Waals surface area contributed by atoms with E-state index in [-0.39, 0.29) is 18.9 Å². The molecule has 4 rings (SSSR count). The normalized spacial score (nSPS) is 18.0. The van der Waals surface area contributed by atoms with Gasteiger partial charge in [0.15, 0.2) is 11.6 Å². The Hall–Kier alpha value is -3.56. The third-order valence-corrected chi connectivity index (χ3v) is 7.10. The fraction of sp³-hybridized carbons (Fsp3) is 0.267. The number of methoxy groups -OCH3 is 1. The fourth-order valence-electron chi connectivity index (χ4n) is 4.32. The number of aliphatic imine (C=N–C) groups is 1. The quantitative estimate of drug-likeness (QED) is 0.141. The summed E-state index contributed by atoms with van der Waals surface area (Å²) in [5.41, 5.74) is 6.66. The van der Waals surface area contributed by atoms with E-state index < -0.39 is 11.6 Å². The van der Waals surface area contributed by atoms with E-state index in [1.165, 1.54) is 0 Å². The fourth-order valence-corrected chi connectivity index (χ4v) is 4.64. The number of carbonyl (C=O) groups is 1. The van der Waals surface area contributed by atoms with E-state index in [4.69, 9.17) is 47.5 Å². The number of nitrogens with zero attached hydrogens (tertiary/aromatic N) is 1. The number of ether oxygens (including phenoxy) is 3. The second kappa shape index (κ2) is 13.7. The first-order valence-electron chi connectivity index (χ1n) is 12.7. The van der Waals surface area contributed by atoms with Crippen molar-refractivity contribution in [2.45, 2.75) is 31.0 Å². The van der Waals surface area contributed by atoms with Crippen LogP contribution in [0.5, 0.6) is 11.5 Å². The van der Waals surface area contributed by atoms with Gasteiger partial charge in [0.2, 0.25) is 5.90 Å². The molecule has 0 aromatic heterocycles. The summed E-state index contributed by atoms with van der Waals surface area (Å²) in [5, 5.41) is 9.86. The number of hydrazine groups is 1. The van der Waals surface area contributed by atoms with E-state index in [1.54, 1.807) is 37.5 Å². The van der Waals surface area contributed by atoms with Crippen LogP contribution in [0.2, 0.25) is 10.0 Å². The smallest absolute Gasteiger partial charge is 0.266 e. The highest BCUT2D eigenvalue weighted by Gasteiger charge is 2.52. The van der Waals surface area contributed by atoms with Crippen molar-refractivity contribution >= 4 is 35.0 Å². The summed E-state index contributed by atoms with van der Waals surface area (Å²) in [6.45, 7) is 4.67. The minimum absolute atomic E-state index is 0.0597. The second-order valence-electron chi connectivity index (χ2n) is 9.11. The first-order chi connectivity index (χ1) is 19.4. The van der Waals surface area contributed by atoms with Gasteiger partial charge < -0.3 is 19.3 Å². The van der Waals surface area contributed by atoms with Crippen LogP contribution in [0.1, 0.15) is 35.6 Å². The molecule has 0 saturated heterocycles. The number of hydrogen-bond acceptors (Lipinski definition) is 7. The third kappa shape index (κ3) is 6.77. The van der Waals surface area contributed by atoms with Crippen LogP contribution >= 0.6 is 23.2 Å². The van der Waals surface area contributed by atoms with Crippen molar-refractivity contribution in [2.75, 3.05) is 20.3 Å². The average Bonchev–Trinajstić information content (AvgIpc) is 3.36. The molecule has 1 heterocycles. The van der Waals surface area contributed by atoms with E-state index >= 15 is 0 Å². The van der Waals surface area contributed by atoms with Crippen LogP contribution in [0.15, 0.2) is 84.4 Å². The second-order valence-corrected chi connectivity index (χ2v) is 9.93. The number of halogens is 2. The standard InChI is InChI=1S/C30H31Cl2N3O5/c1-3-14-30(29(37)35-33-19-20-8-13-25(31)26(32)17-20)27(22-6-4-7-24(18-22)38-2)40-28(34-30)21-9-11-23(12-10-21)39-16-5-15-36/h3-4,6-13,17-18,27,33,36H,1,5,14-16,19H2,2H3,(H,35,37)/t27-,30-/m0/s1. The number of aliphatic hydroxyl groups is 1. The molecule has 10 heteroatoms. The van der Waals surface area contributed by atoms with Crippen LogP contribution in [0.3, 0.4) is 0 Å². The Morgan fingerprint density at radius 3 is 2.62 bits per heavy atom. The molecule has 0 fully saturated rings. The monoisotopic (exact) mass is 583 g/mol. The molecular weight excluding hydrogens is 553 g/mol. The van der Waals surface area contributed by atoms with E-state index in [2.05, 4.69) is 17.4 Å². The van der Waals surface area contributed by atoms with Gasteiger partial charge in [-0.3, -0.25) is 10.2 Å². The molecule has 0 bridgehead atoms. The molecule has 3 aromatic carbocycles. The lowest BCUT2D eigenvalue weighted by atomic mass is 9.84. The van der Waals surface area contributed by atoms with Gasteiger partial charge >= 0.3 is 0 Å². The Kier molecular flexibility index (Phi) is 10.1. The van der Waals surface area contributed by atoms with Crippen LogP contribution in [-0.4, -0.2) is 42.8 Å². The van der Waals surface area contributed by atoms with Gasteiger partial charge in [0.1, 0.15) is 11.5 Å². The molecule has 0 saturated carbocycles. The Balaban J connectivity index is 1.63. The lowest BCUT2D eigenvalue weighted by molar-refractivity contribution is -0.129. The highest BCUT2D eigenvalue weighted by molar-refractivity contribution is 6.42. The molecule has 0 spiro atoms. The summed E-state index contributed by atoms with van der Waals surface area (Å²) >= 11 is 12.1. The third-order valence-electron chi connectivity index (χ3n) is 6.36. The molecule has 3 N–H and O–H groups in total. The van der Waals surface area contributed by atoms with Gasteiger partial charge in [0.25, 0.3) is 5.91 Å². The molecule has 2 atom stereocenters. The largest absolute Gasteiger partial charge is 0.497 e. The summed E-state index contributed by atoms with van der Waals surface area (Å²) in [5.74, 6) is 1.21. The zero-order valence-electron chi connectivity index (χ0n) is 22.0. The lowest BCUT2D eigenvalue weighted by Crippen LogP contribution is -2.52. The van der Waals surface area contributed by atoms with Crippen LogP contribution < -0.4 is 20.3 Å². The number of rotatable bonds is 13. The maximum absolute atomic E-state index is 13.9. The minimum Gasteiger partial charge on any atom is -0.497 e. The molecule has 40 heavy (non-hydrogen) atoms. The highest BCUT2D eigenvalue weighted by atomic mass is 35.5. The Morgan fingerprint density at radius 1 is 1.12 bits per heavy atom. The highest BCUT2D eigenvalue weighted by Crippen LogP contribution is 2.43. The topological polar surface area (TPSA) is 101 Å². The molecule has 8 nitrogen and oxygen atoms in total. The van der Waals surface area contributed by atoms with E-state index in [9.17, 15) is 4.79 Å². The number of hydrogen-bond donors (Lipinski definition) is 3. The van der Waals surface area contributed by atoms with Crippen molar-refractivity contribution in [3.8, 4) is 11.5 Å². The van der Waals surface area contributed by atoms with Crippen molar-refractivity contribution in [3.05, 3.63) is 106 Å². The molecule has 0 unspecified atom stereocenters. The molecule has 0 aliphatic carbocycles. The molecule has 0 radical (unpaired) electrons. The first-order valence-corrected chi connectivity index (χ1v) is 13.5. The number of aliphatic hydroxyl groups excluding tert-OH is 1. The number of nitrogens with one attached hydrogen (secondary N) is 2. The summed E-state index contributed by atoms with van der Waals surface area (Å²) in [6.07, 6.45) is 1.64. The Bertz CT molecular complexity index is 1370. The number of benzene rings is 3. The number of carbonyl (C=O) groups excluding carboxylic acids is 1. The van der Waals surface area contributed by atoms with Gasteiger partial charge in [-0.05, 0) is 59.7 Å². The van der Waals surface area contributed by atoms with Gasteiger partial charge in [-0.1, -0.05) is 47.5 Å². The van der Waals surface area contributed by atoms with Gasteiger partial charge in [0, 0.05) is 31.6 Å². The molecule has 1 aliphatic rings. The van der Waals surface area contributed by atoms with Crippen molar-refractivity contribution in [1.29, 1.82) is 0 Å². The Morgan fingerprint density at radius 2 is 1.93 bits per heavy atom. The molecular formula is C30H31Cl2N3O5. The van der Waals surface area contributed by atoms with Crippen LogP contribution in [0.25, 0.3) is 0 Å². The van der Waals surface area contributed by atoms with Gasteiger partial charge in [0.05, 0.1) is 23.8 Å². The van der Waals surface area contributed by atoms with E-state index in [1.807, 2.05) is 42.5 Å². The zero-order valence-corrected chi connectivity index (χ0v) is 23.5. The van der Waals surface area contributed by atoms with E-state index in [0.29, 0.717) is 52.6 Å². The van der Waals surface area contributed by atoms with Crippen molar-refractivity contribution < 1.29 is 24.1 Å².